The molecule has 0 spiro atoms. The van der Waals surface area contributed by atoms with Crippen LogP contribution in [0.3, 0.4) is 0 Å². The van der Waals surface area contributed by atoms with Crippen LogP contribution in [0, 0.1) is 0 Å². The molecule has 92 valence electrons. The molecule has 0 unspecified atom stereocenters. The first-order valence-corrected chi connectivity index (χ1v) is 6.83. The number of nitrogens with zero attached hydrogens (tertiary/aromatic N) is 3. The lowest BCUT2D eigenvalue weighted by Gasteiger charge is -2.09. The van der Waals surface area contributed by atoms with Crippen molar-refractivity contribution in [1.82, 2.24) is 14.4 Å². The van der Waals surface area contributed by atoms with Crippen molar-refractivity contribution in [3.05, 3.63) is 18.6 Å². The van der Waals surface area contributed by atoms with Gasteiger partial charge in [-0.1, -0.05) is 32.5 Å². The van der Waals surface area contributed by atoms with E-state index in [1.165, 1.54) is 0 Å². The molecule has 2 aromatic heterocycles. The largest absolute Gasteiger partial charge is 0.369 e. The summed E-state index contributed by atoms with van der Waals surface area (Å²) < 4.78 is 2.02. The highest BCUT2D eigenvalue weighted by atomic mass is 32.2. The van der Waals surface area contributed by atoms with Crippen LogP contribution in [-0.4, -0.2) is 26.2 Å². The van der Waals surface area contributed by atoms with E-state index in [2.05, 4.69) is 36.1 Å². The standard InChI is InChI=1S/C12H18N4S/c1-4-5-13-10-8-16-7-6-14-11(16)12(15-10)17-9(2)3/h6-9,13H,4-5H2,1-3H3. The number of rotatable bonds is 5. The number of nitrogens with one attached hydrogen (secondary N) is 1. The van der Waals surface area contributed by atoms with Gasteiger partial charge in [-0.05, 0) is 6.42 Å². The Kier molecular flexibility index (Phi) is 3.89. The van der Waals surface area contributed by atoms with E-state index in [0.29, 0.717) is 5.25 Å². The molecule has 0 aliphatic carbocycles. The van der Waals surface area contributed by atoms with Crippen LogP contribution in [0.5, 0.6) is 0 Å². The van der Waals surface area contributed by atoms with Crippen molar-refractivity contribution in [3.63, 3.8) is 0 Å². The van der Waals surface area contributed by atoms with Gasteiger partial charge in [0, 0.05) is 24.2 Å². The maximum atomic E-state index is 4.62. The zero-order chi connectivity index (χ0) is 12.3. The van der Waals surface area contributed by atoms with Gasteiger partial charge in [-0.3, -0.25) is 0 Å². The van der Waals surface area contributed by atoms with Crippen molar-refractivity contribution >= 4 is 23.2 Å². The van der Waals surface area contributed by atoms with Crippen LogP contribution in [0.2, 0.25) is 0 Å². The zero-order valence-electron chi connectivity index (χ0n) is 10.5. The quantitative estimate of drug-likeness (QED) is 0.828. The second kappa shape index (κ2) is 5.40. The summed E-state index contributed by atoms with van der Waals surface area (Å²) in [4.78, 5) is 8.96. The second-order valence-electron chi connectivity index (χ2n) is 4.18. The van der Waals surface area contributed by atoms with Crippen molar-refractivity contribution in [3.8, 4) is 0 Å². The summed E-state index contributed by atoms with van der Waals surface area (Å²) in [6, 6.07) is 0. The first-order chi connectivity index (χ1) is 8.20. The fourth-order valence-electron chi connectivity index (χ4n) is 1.54. The topological polar surface area (TPSA) is 42.2 Å². The van der Waals surface area contributed by atoms with Crippen molar-refractivity contribution in [1.29, 1.82) is 0 Å². The molecule has 0 saturated carbocycles. The van der Waals surface area contributed by atoms with Crippen LogP contribution in [0.15, 0.2) is 23.6 Å². The molecule has 0 saturated heterocycles. The monoisotopic (exact) mass is 250 g/mol. The fourth-order valence-corrected chi connectivity index (χ4v) is 2.40. The molecule has 2 heterocycles. The van der Waals surface area contributed by atoms with Gasteiger partial charge in [-0.15, -0.1) is 0 Å². The van der Waals surface area contributed by atoms with Gasteiger partial charge in [0.15, 0.2) is 5.65 Å². The van der Waals surface area contributed by atoms with E-state index in [4.69, 9.17) is 0 Å². The van der Waals surface area contributed by atoms with Gasteiger partial charge in [0.25, 0.3) is 0 Å². The Labute approximate surface area is 106 Å². The first kappa shape index (κ1) is 12.2. The summed E-state index contributed by atoms with van der Waals surface area (Å²) in [6.07, 6.45) is 6.85. The molecule has 2 rings (SSSR count). The predicted molar refractivity (Wildman–Crippen MR) is 72.8 cm³/mol. The average Bonchev–Trinajstić information content (AvgIpc) is 2.73. The summed E-state index contributed by atoms with van der Waals surface area (Å²) in [5.74, 6) is 0.917. The smallest absolute Gasteiger partial charge is 0.169 e. The SMILES string of the molecule is CCCNc1cn2ccnc2c(SC(C)C)n1. The molecular formula is C12H18N4S. The Balaban J connectivity index is 2.36. The van der Waals surface area contributed by atoms with E-state index in [0.717, 1.165) is 29.5 Å². The van der Waals surface area contributed by atoms with Crippen LogP contribution < -0.4 is 5.32 Å². The highest BCUT2D eigenvalue weighted by molar-refractivity contribution is 8.00. The fraction of sp³-hybridized carbons (Fsp3) is 0.500. The molecule has 0 bridgehead atoms. The van der Waals surface area contributed by atoms with Gasteiger partial charge in [-0.2, -0.15) is 0 Å². The lowest BCUT2D eigenvalue weighted by atomic mass is 10.5. The molecule has 0 fully saturated rings. The molecule has 0 aromatic carbocycles. The third-order valence-corrected chi connectivity index (χ3v) is 3.22. The van der Waals surface area contributed by atoms with Gasteiger partial charge in [0.05, 0.1) is 6.20 Å². The normalized spacial score (nSPS) is 11.3. The van der Waals surface area contributed by atoms with Gasteiger partial charge in [0.1, 0.15) is 10.8 Å². The number of anilines is 1. The zero-order valence-corrected chi connectivity index (χ0v) is 11.3. The number of hydrogen-bond donors (Lipinski definition) is 1. The molecule has 0 radical (unpaired) electrons. The van der Waals surface area contributed by atoms with E-state index in [1.807, 2.05) is 23.0 Å². The van der Waals surface area contributed by atoms with Gasteiger partial charge in [-0.25, -0.2) is 9.97 Å². The van der Waals surface area contributed by atoms with E-state index in [9.17, 15) is 0 Å². The minimum atomic E-state index is 0.504. The Bertz CT molecular complexity index is 492. The summed E-state index contributed by atoms with van der Waals surface area (Å²) in [5.41, 5.74) is 0.936. The molecule has 0 amide bonds. The molecule has 0 aliphatic heterocycles. The van der Waals surface area contributed by atoms with Crippen molar-refractivity contribution in [2.45, 2.75) is 37.5 Å². The number of fused-ring (bicyclic) bond motifs is 1. The highest BCUT2D eigenvalue weighted by Crippen LogP contribution is 2.26. The Hall–Kier alpha value is -1.23. The summed E-state index contributed by atoms with van der Waals surface area (Å²) in [7, 11) is 0. The summed E-state index contributed by atoms with van der Waals surface area (Å²) in [5, 5.41) is 4.81. The molecule has 2 aromatic rings. The summed E-state index contributed by atoms with van der Waals surface area (Å²) in [6.45, 7) is 7.42. The van der Waals surface area contributed by atoms with Crippen LogP contribution in [0.1, 0.15) is 27.2 Å². The maximum Gasteiger partial charge on any atom is 0.169 e. The lowest BCUT2D eigenvalue weighted by molar-refractivity contribution is 0.943. The molecule has 5 heteroatoms. The maximum absolute atomic E-state index is 4.62. The Morgan fingerprint density at radius 1 is 1.47 bits per heavy atom. The first-order valence-electron chi connectivity index (χ1n) is 5.95. The minimum absolute atomic E-state index is 0.504. The van der Waals surface area contributed by atoms with Gasteiger partial charge < -0.3 is 9.72 Å². The molecule has 4 nitrogen and oxygen atoms in total. The second-order valence-corrected chi connectivity index (χ2v) is 5.75. The molecule has 0 aliphatic rings. The average molecular weight is 250 g/mol. The molecular weight excluding hydrogens is 232 g/mol. The predicted octanol–water partition coefficient (Wildman–Crippen LogP) is 3.05. The molecule has 1 N–H and O–H groups in total. The number of hydrogen-bond acceptors (Lipinski definition) is 4. The van der Waals surface area contributed by atoms with Gasteiger partial charge >= 0.3 is 0 Å². The third kappa shape index (κ3) is 2.91. The lowest BCUT2D eigenvalue weighted by Crippen LogP contribution is -2.05. The van der Waals surface area contributed by atoms with Crippen LogP contribution >= 0.6 is 11.8 Å². The van der Waals surface area contributed by atoms with Crippen molar-refractivity contribution in [2.75, 3.05) is 11.9 Å². The van der Waals surface area contributed by atoms with E-state index in [1.54, 1.807) is 11.8 Å². The highest BCUT2D eigenvalue weighted by Gasteiger charge is 2.09. The minimum Gasteiger partial charge on any atom is -0.369 e. The Morgan fingerprint density at radius 2 is 2.29 bits per heavy atom. The molecule has 17 heavy (non-hydrogen) atoms. The van der Waals surface area contributed by atoms with E-state index < -0.39 is 0 Å². The van der Waals surface area contributed by atoms with Crippen molar-refractivity contribution < 1.29 is 0 Å². The van der Waals surface area contributed by atoms with E-state index in [-0.39, 0.29) is 0 Å². The summed E-state index contributed by atoms with van der Waals surface area (Å²) >= 11 is 1.75. The van der Waals surface area contributed by atoms with Gasteiger partial charge in [0.2, 0.25) is 0 Å². The van der Waals surface area contributed by atoms with E-state index >= 15 is 0 Å². The van der Waals surface area contributed by atoms with Crippen LogP contribution in [-0.2, 0) is 0 Å². The van der Waals surface area contributed by atoms with Crippen LogP contribution in [0.4, 0.5) is 5.82 Å². The van der Waals surface area contributed by atoms with Crippen LogP contribution in [0.25, 0.3) is 5.65 Å². The third-order valence-electron chi connectivity index (χ3n) is 2.25. The Morgan fingerprint density at radius 3 is 3.00 bits per heavy atom. The number of imidazole rings is 1. The van der Waals surface area contributed by atoms with Crippen molar-refractivity contribution in [2.24, 2.45) is 0 Å². The number of aromatic nitrogens is 3. The molecule has 0 atom stereocenters. The number of thioether (sulfide) groups is 1.